The van der Waals surface area contributed by atoms with Gasteiger partial charge in [0.25, 0.3) is 0 Å². The zero-order valence-electron chi connectivity index (χ0n) is 17.1. The molecule has 1 heterocycles. The van der Waals surface area contributed by atoms with Gasteiger partial charge in [-0.1, -0.05) is 36.4 Å². The first-order valence-corrected chi connectivity index (χ1v) is 9.90. The van der Waals surface area contributed by atoms with Gasteiger partial charge in [-0.25, -0.2) is 28.1 Å². The second kappa shape index (κ2) is 8.94. The first-order valence-electron chi connectivity index (χ1n) is 9.90. The quantitative estimate of drug-likeness (QED) is 0.639. The van der Waals surface area contributed by atoms with Crippen LogP contribution in [0.1, 0.15) is 30.0 Å². The van der Waals surface area contributed by atoms with Crippen molar-refractivity contribution >= 4 is 5.91 Å². The van der Waals surface area contributed by atoms with E-state index in [9.17, 15) is 19.2 Å². The third-order valence-corrected chi connectivity index (χ3v) is 5.50. The summed E-state index contributed by atoms with van der Waals surface area (Å²) < 4.78 is 2.59. The zero-order chi connectivity index (χ0) is 21.8. The summed E-state index contributed by atoms with van der Waals surface area (Å²) in [5.74, 6) is -0.371. The van der Waals surface area contributed by atoms with Crippen molar-refractivity contribution in [3.63, 3.8) is 0 Å². The number of rotatable bonds is 7. The predicted octanol–water partition coefficient (Wildman–Crippen LogP) is 1.08. The lowest BCUT2D eigenvalue weighted by atomic mass is 9.87. The van der Waals surface area contributed by atoms with Gasteiger partial charge in [-0.3, -0.25) is 4.79 Å². The highest BCUT2D eigenvalue weighted by Gasteiger charge is 2.27. The fourth-order valence-electron chi connectivity index (χ4n) is 3.94. The van der Waals surface area contributed by atoms with Crippen molar-refractivity contribution in [1.29, 1.82) is 0 Å². The van der Waals surface area contributed by atoms with E-state index >= 15 is 0 Å². The van der Waals surface area contributed by atoms with Crippen LogP contribution in [0.15, 0.2) is 64.0 Å². The molecular weight excluding hydrogens is 384 g/mol. The van der Waals surface area contributed by atoms with E-state index in [1.807, 2.05) is 18.2 Å². The number of hydrogen-bond acceptors (Lipinski definition) is 4. The Kier molecular flexibility index (Phi) is 6.34. The minimum absolute atomic E-state index is 0.0604. The van der Waals surface area contributed by atoms with Crippen molar-refractivity contribution in [3.05, 3.63) is 92.2 Å². The maximum atomic E-state index is 13.0. The molecule has 0 bridgehead atoms. The Morgan fingerprint density at radius 1 is 1.03 bits per heavy atom. The Bertz CT molecular complexity index is 1110. The number of hydrogen-bond donors (Lipinski definition) is 0. The molecule has 30 heavy (non-hydrogen) atoms. The van der Waals surface area contributed by atoms with Crippen molar-refractivity contribution in [2.75, 3.05) is 7.05 Å². The van der Waals surface area contributed by atoms with E-state index in [0.29, 0.717) is 0 Å². The van der Waals surface area contributed by atoms with Crippen LogP contribution in [0.4, 0.5) is 0 Å². The monoisotopic (exact) mass is 410 g/mol. The van der Waals surface area contributed by atoms with Crippen LogP contribution in [0.3, 0.4) is 0 Å². The second-order valence-corrected chi connectivity index (χ2v) is 7.34. The van der Waals surface area contributed by atoms with E-state index in [0.717, 1.165) is 38.5 Å². The third-order valence-electron chi connectivity index (χ3n) is 5.50. The molecule has 0 aliphatic heterocycles. The molecule has 0 saturated carbocycles. The van der Waals surface area contributed by atoms with Gasteiger partial charge in [0.05, 0.1) is 19.1 Å². The highest BCUT2D eigenvalue weighted by atomic mass is 16.2. The summed E-state index contributed by atoms with van der Waals surface area (Å²) in [4.78, 5) is 52.6. The smallest absolute Gasteiger partial charge is 0.337 e. The van der Waals surface area contributed by atoms with Crippen LogP contribution in [-0.2, 0) is 30.8 Å². The topological polar surface area (TPSA) is 86.3 Å². The van der Waals surface area contributed by atoms with Gasteiger partial charge in [-0.05, 0) is 30.4 Å². The van der Waals surface area contributed by atoms with Gasteiger partial charge in [0.15, 0.2) is 0 Å². The minimum Gasteiger partial charge on any atom is -0.337 e. The molecule has 0 spiro atoms. The predicted molar refractivity (Wildman–Crippen MR) is 115 cm³/mol. The lowest BCUT2D eigenvalue weighted by molar-refractivity contribution is -0.133. The maximum Gasteiger partial charge on any atom is 0.337 e. The van der Waals surface area contributed by atoms with Crippen LogP contribution in [0.5, 0.6) is 0 Å². The number of aromatic nitrogens is 3. The number of benzene rings is 1. The highest BCUT2D eigenvalue weighted by molar-refractivity contribution is 5.76. The first-order chi connectivity index (χ1) is 14.4. The van der Waals surface area contributed by atoms with E-state index in [-0.39, 0.29) is 25.0 Å². The van der Waals surface area contributed by atoms with Crippen molar-refractivity contribution in [2.45, 2.75) is 44.9 Å². The van der Waals surface area contributed by atoms with Gasteiger partial charge in [0.1, 0.15) is 6.54 Å². The molecule has 2 aromatic rings. The summed E-state index contributed by atoms with van der Waals surface area (Å²) in [6.45, 7) is 6.53. The van der Waals surface area contributed by atoms with Crippen molar-refractivity contribution in [2.24, 2.45) is 0 Å². The lowest BCUT2D eigenvalue weighted by Gasteiger charge is -2.33. The Morgan fingerprint density at radius 2 is 1.60 bits per heavy atom. The molecular formula is C22H26N4O4. The van der Waals surface area contributed by atoms with Gasteiger partial charge >= 0.3 is 17.1 Å². The molecule has 8 heteroatoms. The van der Waals surface area contributed by atoms with E-state index in [4.69, 9.17) is 0 Å². The van der Waals surface area contributed by atoms with Crippen molar-refractivity contribution in [1.82, 2.24) is 18.6 Å². The van der Waals surface area contributed by atoms with Crippen LogP contribution in [0.2, 0.25) is 0 Å². The van der Waals surface area contributed by atoms with E-state index < -0.39 is 23.6 Å². The molecule has 0 fully saturated rings. The molecule has 3 rings (SSSR count). The minimum atomic E-state index is -0.823. The number of carbonyl (C=O) groups is 1. The fraction of sp³-hybridized carbons (Fsp3) is 0.364. The van der Waals surface area contributed by atoms with Gasteiger partial charge in [-0.15, -0.1) is 13.2 Å². The summed E-state index contributed by atoms with van der Waals surface area (Å²) in [6.07, 6.45) is 5.51. The molecule has 1 aromatic carbocycles. The Balaban J connectivity index is 1.98. The van der Waals surface area contributed by atoms with Crippen LogP contribution in [-0.4, -0.2) is 31.6 Å². The summed E-state index contributed by atoms with van der Waals surface area (Å²) in [6, 6.07) is 7.87. The number of nitrogens with zero attached hydrogens (tertiary/aromatic N) is 4. The van der Waals surface area contributed by atoms with Crippen LogP contribution in [0, 0.1) is 0 Å². The van der Waals surface area contributed by atoms with Crippen LogP contribution in [0.25, 0.3) is 0 Å². The summed E-state index contributed by atoms with van der Waals surface area (Å²) >= 11 is 0. The van der Waals surface area contributed by atoms with Gasteiger partial charge in [0, 0.05) is 7.05 Å². The number of allylic oxidation sites excluding steroid dienone is 2. The number of fused-ring (bicyclic) bond motifs is 1. The average molecular weight is 410 g/mol. The Morgan fingerprint density at radius 3 is 2.20 bits per heavy atom. The largest absolute Gasteiger partial charge is 0.337 e. The Labute approximate surface area is 174 Å². The number of aryl methyl sites for hydroxylation is 1. The lowest BCUT2D eigenvalue weighted by Crippen LogP contribution is -2.55. The van der Waals surface area contributed by atoms with Gasteiger partial charge in [-0.2, -0.15) is 0 Å². The normalized spacial score (nSPS) is 15.3. The molecule has 0 unspecified atom stereocenters. The van der Waals surface area contributed by atoms with E-state index in [1.54, 1.807) is 11.9 Å². The number of likely N-dealkylation sites (N-methyl/N-ethyl adjacent to an activating group) is 1. The average Bonchev–Trinajstić information content (AvgIpc) is 2.76. The Hall–Kier alpha value is -3.42. The molecule has 1 atom stereocenters. The van der Waals surface area contributed by atoms with Crippen molar-refractivity contribution in [3.8, 4) is 0 Å². The van der Waals surface area contributed by atoms with Crippen LogP contribution < -0.4 is 17.1 Å². The SMILES string of the molecule is C=CCn1c(=O)n(CC=C)c(=O)n(CC(=O)N(C)[C@@H]2CCCc3ccccc32)c1=O. The summed E-state index contributed by atoms with van der Waals surface area (Å²) in [5, 5.41) is 0. The van der Waals surface area contributed by atoms with Gasteiger partial charge in [0.2, 0.25) is 5.91 Å². The maximum absolute atomic E-state index is 13.0. The number of carbonyl (C=O) groups excluding carboxylic acids is 1. The van der Waals surface area contributed by atoms with Crippen LogP contribution >= 0.6 is 0 Å². The molecule has 1 amide bonds. The molecule has 1 aliphatic carbocycles. The number of amides is 1. The summed E-state index contributed by atoms with van der Waals surface area (Å²) in [7, 11) is 1.68. The molecule has 0 saturated heterocycles. The third kappa shape index (κ3) is 3.85. The summed E-state index contributed by atoms with van der Waals surface area (Å²) in [5.41, 5.74) is -0.0962. The molecule has 158 valence electrons. The molecule has 8 nitrogen and oxygen atoms in total. The van der Waals surface area contributed by atoms with Crippen molar-refractivity contribution < 1.29 is 4.79 Å². The molecule has 0 radical (unpaired) electrons. The molecule has 1 aromatic heterocycles. The standard InChI is InChI=1S/C22H26N4O4/c1-4-13-24-20(28)25(14-5-2)22(30)26(21(24)29)15-19(27)23(3)18-12-8-10-16-9-6-7-11-17(16)18/h4-7,9,11,18H,1-2,8,10,12-15H2,3H3/t18-/m1/s1. The highest BCUT2D eigenvalue weighted by Crippen LogP contribution is 2.33. The molecule has 0 N–H and O–H groups in total. The zero-order valence-corrected chi connectivity index (χ0v) is 17.1. The van der Waals surface area contributed by atoms with E-state index in [1.165, 1.54) is 17.7 Å². The van der Waals surface area contributed by atoms with Gasteiger partial charge < -0.3 is 4.90 Å². The first kappa shape index (κ1) is 21.3. The fourth-order valence-corrected chi connectivity index (χ4v) is 3.94. The second-order valence-electron chi connectivity index (χ2n) is 7.34. The van der Waals surface area contributed by atoms with E-state index in [2.05, 4.69) is 19.2 Å². The molecule has 1 aliphatic rings.